The van der Waals surface area contributed by atoms with E-state index < -0.39 is 0 Å². The third-order valence-corrected chi connectivity index (χ3v) is 11.1. The second-order valence-corrected chi connectivity index (χ2v) is 13.5. The van der Waals surface area contributed by atoms with Crippen molar-refractivity contribution in [3.63, 3.8) is 0 Å². The lowest BCUT2D eigenvalue weighted by atomic mass is 9.50. The second-order valence-electron chi connectivity index (χ2n) is 13.5. The fourth-order valence-electron chi connectivity index (χ4n) is 8.40. The maximum absolute atomic E-state index is 2.73. The van der Waals surface area contributed by atoms with Crippen LogP contribution in [0.5, 0.6) is 0 Å². The van der Waals surface area contributed by atoms with E-state index in [-0.39, 0.29) is 0 Å². The highest BCUT2D eigenvalue weighted by molar-refractivity contribution is 5.05. The van der Waals surface area contributed by atoms with Crippen molar-refractivity contribution in [3.05, 3.63) is 0 Å². The minimum absolute atomic E-state index is 0.524. The molecule has 7 unspecified atom stereocenters. The molecule has 0 aromatic rings. The topological polar surface area (TPSA) is 0 Å². The zero-order valence-electron chi connectivity index (χ0n) is 23.4. The molecule has 0 nitrogen and oxygen atoms in total. The van der Waals surface area contributed by atoms with Crippen molar-refractivity contribution in [2.45, 2.75) is 140 Å². The number of fused-ring (bicyclic) bond motifs is 1. The Hall–Kier alpha value is 0. The van der Waals surface area contributed by atoms with E-state index >= 15 is 0 Å². The summed E-state index contributed by atoms with van der Waals surface area (Å²) in [6.45, 7) is 25.1. The summed E-state index contributed by atoms with van der Waals surface area (Å²) in [5.74, 6) is 7.33. The van der Waals surface area contributed by atoms with Gasteiger partial charge in [0.15, 0.2) is 0 Å². The number of hydrogen-bond donors (Lipinski definition) is 0. The van der Waals surface area contributed by atoms with Crippen LogP contribution >= 0.6 is 0 Å². The average molecular weight is 433 g/mol. The van der Waals surface area contributed by atoms with Gasteiger partial charge in [-0.3, -0.25) is 0 Å². The SMILES string of the molecule is CCC(CCCC1CCC2C(CC)C(C(C)(CCC(C)C)C(C)C)CCC12C)C(C)C. The van der Waals surface area contributed by atoms with Crippen LogP contribution in [-0.4, -0.2) is 0 Å². The zero-order valence-corrected chi connectivity index (χ0v) is 23.4. The van der Waals surface area contributed by atoms with Crippen molar-refractivity contribution in [2.75, 3.05) is 0 Å². The Balaban J connectivity index is 2.11. The molecule has 0 heterocycles. The summed E-state index contributed by atoms with van der Waals surface area (Å²) in [5, 5.41) is 0. The first-order valence-electron chi connectivity index (χ1n) is 14.5. The van der Waals surface area contributed by atoms with Crippen molar-refractivity contribution >= 4 is 0 Å². The van der Waals surface area contributed by atoms with Crippen LogP contribution < -0.4 is 0 Å². The minimum Gasteiger partial charge on any atom is -0.0651 e. The predicted molar refractivity (Wildman–Crippen MR) is 140 cm³/mol. The molecule has 0 aromatic heterocycles. The standard InChI is InChI=1S/C31H60/c1-11-25(23(5)6)14-13-15-26-16-17-28-27(12-2)29(19-21-31(26,28)10)30(9,24(7)8)20-18-22(3)4/h22-29H,11-21H2,1-10H3. The summed E-state index contributed by atoms with van der Waals surface area (Å²) >= 11 is 0. The molecule has 2 aliphatic rings. The molecular weight excluding hydrogens is 372 g/mol. The maximum Gasteiger partial charge on any atom is -0.0266 e. The molecule has 0 aromatic carbocycles. The van der Waals surface area contributed by atoms with Gasteiger partial charge >= 0.3 is 0 Å². The van der Waals surface area contributed by atoms with E-state index in [2.05, 4.69) is 69.2 Å². The van der Waals surface area contributed by atoms with E-state index in [1.807, 2.05) is 0 Å². The molecule has 2 aliphatic carbocycles. The molecule has 0 aliphatic heterocycles. The summed E-state index contributed by atoms with van der Waals surface area (Å²) in [7, 11) is 0. The quantitative estimate of drug-likeness (QED) is 0.287. The maximum atomic E-state index is 2.73. The smallest absolute Gasteiger partial charge is 0.0266 e. The molecule has 2 rings (SSSR count). The van der Waals surface area contributed by atoms with E-state index in [0.29, 0.717) is 10.8 Å². The molecule has 2 saturated carbocycles. The number of rotatable bonds is 12. The summed E-state index contributed by atoms with van der Waals surface area (Å²) < 4.78 is 0. The Labute approximate surface area is 198 Å². The second kappa shape index (κ2) is 11.4. The fourth-order valence-corrected chi connectivity index (χ4v) is 8.40. The summed E-state index contributed by atoms with van der Waals surface area (Å²) in [6, 6.07) is 0. The highest BCUT2D eigenvalue weighted by atomic mass is 14.6. The molecule has 0 amide bonds. The van der Waals surface area contributed by atoms with E-state index in [1.54, 1.807) is 0 Å². The Bertz CT molecular complexity index is 516. The fraction of sp³-hybridized carbons (Fsp3) is 1.00. The van der Waals surface area contributed by atoms with Crippen molar-refractivity contribution in [1.82, 2.24) is 0 Å². The van der Waals surface area contributed by atoms with E-state index in [1.165, 1.54) is 70.6 Å². The van der Waals surface area contributed by atoms with Crippen molar-refractivity contribution < 1.29 is 0 Å². The zero-order chi connectivity index (χ0) is 23.4. The molecular formula is C31H60. The monoisotopic (exact) mass is 432 g/mol. The van der Waals surface area contributed by atoms with Gasteiger partial charge in [0.25, 0.3) is 0 Å². The summed E-state index contributed by atoms with van der Waals surface area (Å²) in [4.78, 5) is 0. The van der Waals surface area contributed by atoms with Crippen LogP contribution in [0.4, 0.5) is 0 Å². The highest BCUT2D eigenvalue weighted by Crippen LogP contribution is 2.64. The van der Waals surface area contributed by atoms with Gasteiger partial charge in [-0.15, -0.1) is 0 Å². The molecule has 0 N–H and O–H groups in total. The van der Waals surface area contributed by atoms with Gasteiger partial charge in [0.05, 0.1) is 0 Å². The predicted octanol–water partition coefficient (Wildman–Crippen LogP) is 10.4. The lowest BCUT2D eigenvalue weighted by molar-refractivity contribution is -0.0636. The Morgan fingerprint density at radius 2 is 1.61 bits per heavy atom. The van der Waals surface area contributed by atoms with Crippen LogP contribution in [0.1, 0.15) is 140 Å². The lowest BCUT2D eigenvalue weighted by Gasteiger charge is -2.55. The van der Waals surface area contributed by atoms with Crippen LogP contribution in [0.25, 0.3) is 0 Å². The van der Waals surface area contributed by atoms with Gasteiger partial charge in [-0.2, -0.15) is 0 Å². The highest BCUT2D eigenvalue weighted by Gasteiger charge is 2.56. The van der Waals surface area contributed by atoms with Crippen LogP contribution in [0.3, 0.4) is 0 Å². The van der Waals surface area contributed by atoms with Gasteiger partial charge in [-0.05, 0) is 96.7 Å². The molecule has 0 bridgehead atoms. The molecule has 0 radical (unpaired) electrons. The third-order valence-electron chi connectivity index (χ3n) is 11.1. The Morgan fingerprint density at radius 3 is 2.13 bits per heavy atom. The van der Waals surface area contributed by atoms with Crippen molar-refractivity contribution in [3.8, 4) is 0 Å². The lowest BCUT2D eigenvalue weighted by Crippen LogP contribution is -2.48. The molecule has 31 heavy (non-hydrogen) atoms. The van der Waals surface area contributed by atoms with Gasteiger partial charge in [0.2, 0.25) is 0 Å². The normalized spacial score (nSPS) is 34.4. The van der Waals surface area contributed by atoms with Gasteiger partial charge in [0.1, 0.15) is 0 Å². The van der Waals surface area contributed by atoms with Gasteiger partial charge in [0, 0.05) is 0 Å². The first kappa shape index (κ1) is 27.2. The van der Waals surface area contributed by atoms with E-state index in [4.69, 9.17) is 0 Å². The molecule has 7 atom stereocenters. The third kappa shape index (κ3) is 5.93. The first-order valence-corrected chi connectivity index (χ1v) is 14.5. The van der Waals surface area contributed by atoms with Gasteiger partial charge < -0.3 is 0 Å². The van der Waals surface area contributed by atoms with Crippen LogP contribution in [0.2, 0.25) is 0 Å². The molecule has 0 spiro atoms. The molecule has 0 saturated heterocycles. The van der Waals surface area contributed by atoms with Gasteiger partial charge in [-0.1, -0.05) is 101 Å². The van der Waals surface area contributed by atoms with E-state index in [9.17, 15) is 0 Å². The summed E-state index contributed by atoms with van der Waals surface area (Å²) in [6.07, 6.45) is 16.1. The van der Waals surface area contributed by atoms with Gasteiger partial charge in [-0.25, -0.2) is 0 Å². The molecule has 2 fully saturated rings. The molecule has 0 heteroatoms. The Morgan fingerprint density at radius 1 is 0.935 bits per heavy atom. The largest absolute Gasteiger partial charge is 0.0651 e. The van der Waals surface area contributed by atoms with Crippen molar-refractivity contribution in [1.29, 1.82) is 0 Å². The summed E-state index contributed by atoms with van der Waals surface area (Å²) in [5.41, 5.74) is 1.16. The molecule has 184 valence electrons. The minimum atomic E-state index is 0.524. The van der Waals surface area contributed by atoms with Crippen LogP contribution in [-0.2, 0) is 0 Å². The van der Waals surface area contributed by atoms with Crippen LogP contribution in [0, 0.1) is 58.2 Å². The van der Waals surface area contributed by atoms with Crippen molar-refractivity contribution in [2.24, 2.45) is 58.2 Å². The Kier molecular flexibility index (Phi) is 10.0. The van der Waals surface area contributed by atoms with E-state index in [0.717, 1.165) is 47.3 Å². The van der Waals surface area contributed by atoms with Crippen LogP contribution in [0.15, 0.2) is 0 Å². The average Bonchev–Trinajstić information content (AvgIpc) is 3.04. The first-order chi connectivity index (χ1) is 14.5. The number of hydrogen-bond acceptors (Lipinski definition) is 0.